The van der Waals surface area contributed by atoms with Gasteiger partial charge in [-0.2, -0.15) is 5.26 Å². The van der Waals surface area contributed by atoms with Crippen LogP contribution in [0, 0.1) is 11.3 Å². The molecule has 0 aromatic heterocycles. The molecule has 0 saturated carbocycles. The summed E-state index contributed by atoms with van der Waals surface area (Å²) in [6, 6.07) is 9.18. The molecular weight excluding hydrogens is 328 g/mol. The first kappa shape index (κ1) is 14.8. The monoisotopic (exact) mass is 348 g/mol. The van der Waals surface area contributed by atoms with E-state index in [0.29, 0.717) is 12.1 Å². The Morgan fingerprint density at radius 2 is 1.95 bits per heavy atom. The van der Waals surface area contributed by atoms with Crippen LogP contribution in [-0.2, 0) is 0 Å². The Morgan fingerprint density at radius 1 is 1.19 bits per heavy atom. The van der Waals surface area contributed by atoms with Crippen LogP contribution in [0.5, 0.6) is 0 Å². The summed E-state index contributed by atoms with van der Waals surface area (Å²) in [4.78, 5) is 4.93. The normalized spacial score (nSPS) is 24.2. The molecule has 1 unspecified atom stereocenters. The molecule has 0 amide bonds. The number of halogens is 1. The van der Waals surface area contributed by atoms with Gasteiger partial charge in [-0.25, -0.2) is 0 Å². The van der Waals surface area contributed by atoms with E-state index in [1.54, 1.807) is 0 Å². The van der Waals surface area contributed by atoms with Crippen molar-refractivity contribution in [1.82, 2.24) is 4.90 Å². The van der Waals surface area contributed by atoms with E-state index in [2.05, 4.69) is 37.9 Å². The Hall–Kier alpha value is -1.09. The summed E-state index contributed by atoms with van der Waals surface area (Å²) in [5, 5.41) is 9.30. The Kier molecular flexibility index (Phi) is 4.48. The van der Waals surface area contributed by atoms with Gasteiger partial charge in [0.1, 0.15) is 6.07 Å². The SMILES string of the molecule is N#Cc1ccc(Br)cc1N1CCC(N2CCC(N)CC2)C1. The molecule has 2 fully saturated rings. The van der Waals surface area contributed by atoms with Gasteiger partial charge in [-0.1, -0.05) is 15.9 Å². The summed E-state index contributed by atoms with van der Waals surface area (Å²) in [5.41, 5.74) is 7.81. The largest absolute Gasteiger partial charge is 0.369 e. The zero-order valence-electron chi connectivity index (χ0n) is 12.1. The molecular formula is C16H21BrN4. The summed E-state index contributed by atoms with van der Waals surface area (Å²) >= 11 is 3.51. The lowest BCUT2D eigenvalue weighted by Gasteiger charge is -2.34. The number of likely N-dealkylation sites (tertiary alicyclic amines) is 1. The molecule has 3 rings (SSSR count). The van der Waals surface area contributed by atoms with Crippen molar-refractivity contribution < 1.29 is 0 Å². The van der Waals surface area contributed by atoms with Gasteiger partial charge in [0.05, 0.1) is 11.3 Å². The van der Waals surface area contributed by atoms with Gasteiger partial charge in [0.25, 0.3) is 0 Å². The molecule has 0 spiro atoms. The summed E-state index contributed by atoms with van der Waals surface area (Å²) in [5.74, 6) is 0. The van der Waals surface area contributed by atoms with Crippen LogP contribution in [0.15, 0.2) is 22.7 Å². The predicted molar refractivity (Wildman–Crippen MR) is 88.3 cm³/mol. The van der Waals surface area contributed by atoms with Crippen molar-refractivity contribution in [3.8, 4) is 6.07 Å². The first-order valence-electron chi connectivity index (χ1n) is 7.61. The van der Waals surface area contributed by atoms with Crippen molar-refractivity contribution in [2.45, 2.75) is 31.3 Å². The molecule has 2 saturated heterocycles. The number of nitrogens with zero attached hydrogens (tertiary/aromatic N) is 3. The topological polar surface area (TPSA) is 56.3 Å². The number of hydrogen-bond acceptors (Lipinski definition) is 4. The maximum atomic E-state index is 9.30. The summed E-state index contributed by atoms with van der Waals surface area (Å²) < 4.78 is 1.03. The minimum Gasteiger partial charge on any atom is -0.369 e. The molecule has 2 heterocycles. The molecule has 0 bridgehead atoms. The summed E-state index contributed by atoms with van der Waals surface area (Å²) in [6.45, 7) is 4.27. The zero-order chi connectivity index (χ0) is 14.8. The number of anilines is 1. The van der Waals surface area contributed by atoms with Crippen LogP contribution in [-0.4, -0.2) is 43.2 Å². The fourth-order valence-corrected chi connectivity index (χ4v) is 3.75. The molecule has 1 aromatic carbocycles. The molecule has 4 nitrogen and oxygen atoms in total. The van der Waals surface area contributed by atoms with E-state index in [1.807, 2.05) is 12.1 Å². The Morgan fingerprint density at radius 3 is 2.67 bits per heavy atom. The van der Waals surface area contributed by atoms with E-state index in [-0.39, 0.29) is 0 Å². The molecule has 0 radical (unpaired) electrons. The highest BCUT2D eigenvalue weighted by molar-refractivity contribution is 9.10. The third-order valence-electron chi connectivity index (χ3n) is 4.67. The molecule has 2 N–H and O–H groups in total. The third-order valence-corrected chi connectivity index (χ3v) is 5.17. The smallest absolute Gasteiger partial charge is 0.101 e. The minimum absolute atomic E-state index is 0.383. The van der Waals surface area contributed by atoms with Gasteiger partial charge in [0.2, 0.25) is 0 Å². The molecule has 2 aliphatic rings. The number of nitrogens with two attached hydrogens (primary N) is 1. The van der Waals surface area contributed by atoms with Crippen LogP contribution in [0.1, 0.15) is 24.8 Å². The predicted octanol–water partition coefficient (Wildman–Crippen LogP) is 2.32. The van der Waals surface area contributed by atoms with Crippen molar-refractivity contribution in [2.24, 2.45) is 5.73 Å². The van der Waals surface area contributed by atoms with Crippen LogP contribution < -0.4 is 10.6 Å². The molecule has 112 valence electrons. The highest BCUT2D eigenvalue weighted by atomic mass is 79.9. The average molecular weight is 349 g/mol. The molecule has 1 atom stereocenters. The lowest BCUT2D eigenvalue weighted by molar-refractivity contribution is 0.163. The minimum atomic E-state index is 0.383. The van der Waals surface area contributed by atoms with Crippen molar-refractivity contribution in [3.63, 3.8) is 0 Å². The van der Waals surface area contributed by atoms with Crippen molar-refractivity contribution in [1.29, 1.82) is 5.26 Å². The molecule has 2 aliphatic heterocycles. The van der Waals surface area contributed by atoms with Gasteiger partial charge in [0, 0.05) is 29.6 Å². The molecule has 0 aliphatic carbocycles. The maximum Gasteiger partial charge on any atom is 0.101 e. The number of nitriles is 1. The van der Waals surface area contributed by atoms with E-state index < -0.39 is 0 Å². The van der Waals surface area contributed by atoms with Gasteiger partial charge in [-0.05, 0) is 50.6 Å². The summed E-state index contributed by atoms with van der Waals surface area (Å²) in [7, 11) is 0. The van der Waals surface area contributed by atoms with Crippen molar-refractivity contribution in [3.05, 3.63) is 28.2 Å². The maximum absolute atomic E-state index is 9.30. The van der Waals surface area contributed by atoms with E-state index in [0.717, 1.165) is 54.7 Å². The van der Waals surface area contributed by atoms with Crippen LogP contribution in [0.2, 0.25) is 0 Å². The van der Waals surface area contributed by atoms with E-state index in [9.17, 15) is 5.26 Å². The zero-order valence-corrected chi connectivity index (χ0v) is 13.7. The quantitative estimate of drug-likeness (QED) is 0.890. The van der Waals surface area contributed by atoms with Gasteiger partial charge < -0.3 is 10.6 Å². The highest BCUT2D eigenvalue weighted by Crippen LogP contribution is 2.29. The number of benzene rings is 1. The average Bonchev–Trinajstić information content (AvgIpc) is 2.97. The highest BCUT2D eigenvalue weighted by Gasteiger charge is 2.30. The second-order valence-corrected chi connectivity index (χ2v) is 6.95. The van der Waals surface area contributed by atoms with Gasteiger partial charge in [0.15, 0.2) is 0 Å². The second-order valence-electron chi connectivity index (χ2n) is 6.04. The van der Waals surface area contributed by atoms with Gasteiger partial charge in [-0.3, -0.25) is 4.90 Å². The van der Waals surface area contributed by atoms with Crippen LogP contribution in [0.3, 0.4) is 0 Å². The number of hydrogen-bond donors (Lipinski definition) is 1. The van der Waals surface area contributed by atoms with Crippen LogP contribution >= 0.6 is 15.9 Å². The molecule has 5 heteroatoms. The van der Waals surface area contributed by atoms with Crippen LogP contribution in [0.4, 0.5) is 5.69 Å². The molecule has 1 aromatic rings. The lowest BCUT2D eigenvalue weighted by Crippen LogP contribution is -2.46. The number of piperidine rings is 1. The fraction of sp³-hybridized carbons (Fsp3) is 0.562. The van der Waals surface area contributed by atoms with E-state index >= 15 is 0 Å². The van der Waals surface area contributed by atoms with Gasteiger partial charge >= 0.3 is 0 Å². The third kappa shape index (κ3) is 3.23. The van der Waals surface area contributed by atoms with Crippen molar-refractivity contribution in [2.75, 3.05) is 31.1 Å². The summed E-state index contributed by atoms with van der Waals surface area (Å²) in [6.07, 6.45) is 3.39. The van der Waals surface area contributed by atoms with E-state index in [1.165, 1.54) is 6.42 Å². The standard InChI is InChI=1S/C16H21BrN4/c17-13-2-1-12(10-18)16(9-13)21-8-5-15(11-21)20-6-3-14(19)4-7-20/h1-2,9,14-15H,3-8,11,19H2. The number of rotatable bonds is 2. The van der Waals surface area contributed by atoms with Crippen molar-refractivity contribution >= 4 is 21.6 Å². The molecule has 21 heavy (non-hydrogen) atoms. The first-order chi connectivity index (χ1) is 10.2. The van der Waals surface area contributed by atoms with Gasteiger partial charge in [-0.15, -0.1) is 0 Å². The Balaban J connectivity index is 1.70. The van der Waals surface area contributed by atoms with Crippen LogP contribution in [0.25, 0.3) is 0 Å². The fourth-order valence-electron chi connectivity index (χ4n) is 3.40. The van der Waals surface area contributed by atoms with E-state index in [4.69, 9.17) is 5.73 Å². The second kappa shape index (κ2) is 6.35. The Bertz CT molecular complexity index is 546. The lowest BCUT2D eigenvalue weighted by atomic mass is 10.0. The Labute approximate surface area is 134 Å². The first-order valence-corrected chi connectivity index (χ1v) is 8.41.